The summed E-state index contributed by atoms with van der Waals surface area (Å²) in [6.45, 7) is 0. The van der Waals surface area contributed by atoms with Gasteiger partial charge in [0.2, 0.25) is 0 Å². The molecule has 0 fully saturated rings. The molecular formula is C51H34N4. The first kappa shape index (κ1) is 32.2. The molecule has 0 aliphatic heterocycles. The van der Waals surface area contributed by atoms with Crippen molar-refractivity contribution in [3.63, 3.8) is 0 Å². The van der Waals surface area contributed by atoms with Gasteiger partial charge in [0.1, 0.15) is 0 Å². The molecule has 0 aliphatic carbocycles. The summed E-state index contributed by atoms with van der Waals surface area (Å²) in [6.07, 6.45) is 0. The average molecular weight is 703 g/mol. The zero-order valence-corrected chi connectivity index (χ0v) is 29.9. The van der Waals surface area contributed by atoms with Crippen LogP contribution < -0.4 is 4.90 Å². The Labute approximate surface area is 319 Å². The van der Waals surface area contributed by atoms with Crippen LogP contribution in [-0.4, -0.2) is 15.0 Å². The predicted octanol–water partition coefficient (Wildman–Crippen LogP) is 13.5. The maximum absolute atomic E-state index is 5.59. The number of aromatic nitrogens is 3. The lowest BCUT2D eigenvalue weighted by molar-refractivity contribution is 1.18. The van der Waals surface area contributed by atoms with E-state index in [0.717, 1.165) is 72.7 Å². The van der Waals surface area contributed by atoms with E-state index in [9.17, 15) is 0 Å². The van der Waals surface area contributed by atoms with Crippen LogP contribution in [0.1, 0.15) is 0 Å². The molecule has 0 saturated carbocycles. The Hall–Kier alpha value is -7.43. The van der Waals surface area contributed by atoms with E-state index in [4.69, 9.17) is 15.0 Å². The molecule has 55 heavy (non-hydrogen) atoms. The first-order chi connectivity index (χ1) is 27.3. The molecule has 2 heterocycles. The summed E-state index contributed by atoms with van der Waals surface area (Å²) in [4.78, 5) is 18.0. The van der Waals surface area contributed by atoms with Crippen molar-refractivity contribution in [1.29, 1.82) is 0 Å². The average Bonchev–Trinajstić information content (AvgIpc) is 3.27. The molecule has 8 aromatic carbocycles. The van der Waals surface area contributed by atoms with Crippen molar-refractivity contribution in [1.82, 2.24) is 15.0 Å². The molecule has 0 atom stereocenters. The minimum absolute atomic E-state index is 0.698. The van der Waals surface area contributed by atoms with E-state index in [1.807, 2.05) is 36.4 Å². The third-order valence-corrected chi connectivity index (χ3v) is 10.2. The van der Waals surface area contributed by atoms with Gasteiger partial charge in [-0.15, -0.1) is 0 Å². The van der Waals surface area contributed by atoms with Gasteiger partial charge in [0.25, 0.3) is 0 Å². The number of nitrogens with zero attached hydrogens (tertiary/aromatic N) is 4. The fourth-order valence-corrected chi connectivity index (χ4v) is 7.63. The monoisotopic (exact) mass is 702 g/mol. The Morgan fingerprint density at radius 1 is 0.345 bits per heavy atom. The topological polar surface area (TPSA) is 41.9 Å². The minimum Gasteiger partial charge on any atom is -0.308 e. The van der Waals surface area contributed by atoms with Crippen molar-refractivity contribution >= 4 is 49.5 Å². The first-order valence-electron chi connectivity index (χ1n) is 18.5. The lowest BCUT2D eigenvalue weighted by Gasteiger charge is -2.27. The van der Waals surface area contributed by atoms with Gasteiger partial charge in [-0.2, -0.15) is 0 Å². The highest BCUT2D eigenvalue weighted by atomic mass is 15.1. The molecule has 4 nitrogen and oxygen atoms in total. The van der Waals surface area contributed by atoms with Crippen molar-refractivity contribution in [3.8, 4) is 45.2 Å². The van der Waals surface area contributed by atoms with Crippen LogP contribution >= 0.6 is 0 Å². The lowest BCUT2D eigenvalue weighted by Crippen LogP contribution is -2.11. The second-order valence-electron chi connectivity index (χ2n) is 13.6. The Morgan fingerprint density at radius 2 is 0.873 bits per heavy atom. The Bertz CT molecular complexity index is 2850. The second-order valence-corrected chi connectivity index (χ2v) is 13.6. The van der Waals surface area contributed by atoms with E-state index in [1.165, 1.54) is 16.2 Å². The number of hydrogen-bond acceptors (Lipinski definition) is 4. The first-order valence-corrected chi connectivity index (χ1v) is 18.5. The Kier molecular flexibility index (Phi) is 8.12. The number of rotatable bonds is 7. The van der Waals surface area contributed by atoms with E-state index in [2.05, 4.69) is 175 Å². The lowest BCUT2D eigenvalue weighted by atomic mass is 9.94. The molecule has 0 radical (unpaired) electrons. The highest BCUT2D eigenvalue weighted by molar-refractivity contribution is 6.24. The van der Waals surface area contributed by atoms with E-state index >= 15 is 0 Å². The number of fused-ring (bicyclic) bond motifs is 5. The van der Waals surface area contributed by atoms with Crippen LogP contribution in [-0.2, 0) is 0 Å². The highest BCUT2D eigenvalue weighted by Gasteiger charge is 2.20. The molecule has 10 rings (SSSR count). The van der Waals surface area contributed by atoms with Crippen LogP contribution in [0, 0.1) is 0 Å². The van der Waals surface area contributed by atoms with Gasteiger partial charge in [0.15, 0.2) is 5.82 Å². The smallest absolute Gasteiger partial charge is 0.160 e. The molecule has 0 unspecified atom stereocenters. The molecule has 0 amide bonds. The molecule has 258 valence electrons. The van der Waals surface area contributed by atoms with E-state index in [-0.39, 0.29) is 0 Å². The number of hydrogen-bond donors (Lipinski definition) is 0. The van der Waals surface area contributed by atoms with Crippen LogP contribution in [0.15, 0.2) is 206 Å². The quantitative estimate of drug-likeness (QED) is 0.155. The maximum Gasteiger partial charge on any atom is 0.160 e. The van der Waals surface area contributed by atoms with Gasteiger partial charge in [-0.3, -0.25) is 0 Å². The van der Waals surface area contributed by atoms with Crippen molar-refractivity contribution in [2.45, 2.75) is 0 Å². The van der Waals surface area contributed by atoms with Gasteiger partial charge in [0, 0.05) is 49.8 Å². The van der Waals surface area contributed by atoms with E-state index < -0.39 is 0 Å². The normalized spacial score (nSPS) is 11.3. The molecular weight excluding hydrogens is 669 g/mol. The SMILES string of the molecule is c1ccc(-c2cc(-c3ccc(-c4nc5c(N(c6ccccc6)c6ccccc6)cccc5c5c4ccc4ccccc45)cc3)nc(-c3ccccc3)n2)cc1. The Morgan fingerprint density at radius 3 is 1.53 bits per heavy atom. The van der Waals surface area contributed by atoms with Crippen molar-refractivity contribution in [2.24, 2.45) is 0 Å². The summed E-state index contributed by atoms with van der Waals surface area (Å²) >= 11 is 0. The molecule has 0 aliphatic rings. The summed E-state index contributed by atoms with van der Waals surface area (Å²) in [5.74, 6) is 0.698. The number of para-hydroxylation sites is 3. The van der Waals surface area contributed by atoms with Crippen molar-refractivity contribution < 1.29 is 0 Å². The van der Waals surface area contributed by atoms with Crippen LogP contribution in [0.5, 0.6) is 0 Å². The van der Waals surface area contributed by atoms with Crippen LogP contribution in [0.4, 0.5) is 17.1 Å². The maximum atomic E-state index is 5.59. The van der Waals surface area contributed by atoms with Crippen LogP contribution in [0.25, 0.3) is 77.6 Å². The molecule has 0 N–H and O–H groups in total. The molecule has 10 aromatic rings. The second kappa shape index (κ2) is 13.8. The zero-order chi connectivity index (χ0) is 36.6. The summed E-state index contributed by atoms with van der Waals surface area (Å²) in [6, 6.07) is 72.0. The summed E-state index contributed by atoms with van der Waals surface area (Å²) in [7, 11) is 0. The standard InChI is InChI=1S/C51H34N4/c1-5-17-36(18-6-1)45-34-46(53-51(52-45)39-19-7-2-8-20-39)37-28-30-38(31-29-37)49-44-33-32-35-16-13-14-25-42(35)48(44)43-26-15-27-47(50(43)54-49)55(40-21-9-3-10-22-40)41-23-11-4-12-24-41/h1-34H. The molecule has 0 bridgehead atoms. The van der Waals surface area contributed by atoms with Crippen molar-refractivity contribution in [2.75, 3.05) is 4.90 Å². The highest BCUT2D eigenvalue weighted by Crippen LogP contribution is 2.43. The van der Waals surface area contributed by atoms with Gasteiger partial charge in [-0.25, -0.2) is 15.0 Å². The fourth-order valence-electron chi connectivity index (χ4n) is 7.63. The summed E-state index contributed by atoms with van der Waals surface area (Å²) in [5.41, 5.74) is 10.9. The van der Waals surface area contributed by atoms with Crippen LogP contribution in [0.3, 0.4) is 0 Å². The van der Waals surface area contributed by atoms with E-state index in [1.54, 1.807) is 0 Å². The van der Waals surface area contributed by atoms with Gasteiger partial charge < -0.3 is 4.90 Å². The minimum atomic E-state index is 0.698. The number of pyridine rings is 1. The van der Waals surface area contributed by atoms with Gasteiger partial charge >= 0.3 is 0 Å². The molecule has 4 heteroatoms. The fraction of sp³-hybridized carbons (Fsp3) is 0. The third kappa shape index (κ3) is 5.96. The van der Waals surface area contributed by atoms with Gasteiger partial charge in [-0.1, -0.05) is 170 Å². The van der Waals surface area contributed by atoms with E-state index in [0.29, 0.717) is 5.82 Å². The summed E-state index contributed by atoms with van der Waals surface area (Å²) in [5, 5.41) is 5.83. The van der Waals surface area contributed by atoms with Gasteiger partial charge in [0.05, 0.1) is 28.3 Å². The van der Waals surface area contributed by atoms with Gasteiger partial charge in [-0.05, 0) is 47.2 Å². The molecule has 2 aromatic heterocycles. The zero-order valence-electron chi connectivity index (χ0n) is 29.9. The largest absolute Gasteiger partial charge is 0.308 e. The van der Waals surface area contributed by atoms with Crippen molar-refractivity contribution in [3.05, 3.63) is 206 Å². The molecule has 0 spiro atoms. The Balaban J connectivity index is 1.18. The summed E-state index contributed by atoms with van der Waals surface area (Å²) < 4.78 is 0. The number of benzene rings is 8. The number of anilines is 3. The third-order valence-electron chi connectivity index (χ3n) is 10.2. The predicted molar refractivity (Wildman–Crippen MR) is 229 cm³/mol. The molecule has 0 saturated heterocycles. The van der Waals surface area contributed by atoms with Crippen LogP contribution in [0.2, 0.25) is 0 Å².